The average molecular weight is 191 g/mol. The molecule has 0 atom stereocenters. The van der Waals surface area contributed by atoms with E-state index in [2.05, 4.69) is 4.98 Å². The van der Waals surface area contributed by atoms with E-state index < -0.39 is 12.0 Å². The minimum absolute atomic E-state index is 0.486. The fourth-order valence-electron chi connectivity index (χ4n) is 0.313. The molecule has 2 nitrogen and oxygen atoms in total. The molecule has 1 heterocycles. The van der Waals surface area contributed by atoms with Crippen molar-refractivity contribution in [3.8, 4) is 0 Å². The van der Waals surface area contributed by atoms with Crippen LogP contribution in [-0.4, -0.2) is 16.9 Å². The minimum Gasteiger partial charge on any atom is -0.290 e. The van der Waals surface area contributed by atoms with E-state index in [1.54, 1.807) is 12.4 Å². The summed E-state index contributed by atoms with van der Waals surface area (Å²) < 4.78 is 32.5. The van der Waals surface area contributed by atoms with Gasteiger partial charge in [0.05, 0.1) is 0 Å². The van der Waals surface area contributed by atoms with Crippen LogP contribution in [-0.2, 0) is 4.79 Å². The first-order valence-electron chi connectivity index (χ1n) is 3.37. The Morgan fingerprint density at radius 3 is 1.62 bits per heavy atom. The molecular weight excluding hydrogens is 183 g/mol. The van der Waals surface area contributed by atoms with Crippen LogP contribution in [0.25, 0.3) is 0 Å². The molecule has 1 aromatic heterocycles. The fraction of sp³-hybridized carbons (Fsp3) is 0.250. The molecule has 0 spiro atoms. The summed E-state index contributed by atoms with van der Waals surface area (Å²) in [6, 6.07) is 5.72. The van der Waals surface area contributed by atoms with Crippen LogP contribution in [0.2, 0.25) is 0 Å². The normalized spacial score (nSPS) is 9.85. The van der Waals surface area contributed by atoms with Crippen molar-refractivity contribution in [3.63, 3.8) is 0 Å². The van der Waals surface area contributed by atoms with Gasteiger partial charge in [-0.25, -0.2) is 0 Å². The van der Waals surface area contributed by atoms with Gasteiger partial charge in [0.15, 0.2) is 0 Å². The van der Waals surface area contributed by atoms with Crippen molar-refractivity contribution in [1.82, 2.24) is 4.98 Å². The highest BCUT2D eigenvalue weighted by Crippen LogP contribution is 2.14. The van der Waals surface area contributed by atoms with Gasteiger partial charge >= 0.3 is 6.18 Å². The van der Waals surface area contributed by atoms with Gasteiger partial charge in [-0.2, -0.15) is 13.2 Å². The summed E-state index contributed by atoms with van der Waals surface area (Å²) in [5.41, 5.74) is 0. The number of ketones is 1. The molecule has 0 aliphatic rings. The molecule has 0 N–H and O–H groups in total. The first kappa shape index (κ1) is 11.6. The smallest absolute Gasteiger partial charge is 0.290 e. The van der Waals surface area contributed by atoms with Gasteiger partial charge in [0.1, 0.15) is 0 Å². The van der Waals surface area contributed by atoms with Crippen molar-refractivity contribution < 1.29 is 18.0 Å². The Balaban J connectivity index is 0.000000223. The highest BCUT2D eigenvalue weighted by atomic mass is 19.4. The summed E-state index contributed by atoms with van der Waals surface area (Å²) in [4.78, 5) is 13.1. The number of carbonyl (C=O) groups excluding carboxylic acids is 1. The summed E-state index contributed by atoms with van der Waals surface area (Å²) in [6.45, 7) is 0.486. The number of alkyl halides is 3. The molecular formula is C8H8F3NO. The first-order valence-corrected chi connectivity index (χ1v) is 3.37. The quantitative estimate of drug-likeness (QED) is 0.629. The fourth-order valence-corrected chi connectivity index (χ4v) is 0.313. The van der Waals surface area contributed by atoms with Crippen molar-refractivity contribution in [2.75, 3.05) is 0 Å². The number of nitrogens with zero attached hydrogens (tertiary/aromatic N) is 1. The van der Waals surface area contributed by atoms with Gasteiger partial charge in [0, 0.05) is 19.3 Å². The molecule has 0 fully saturated rings. The highest BCUT2D eigenvalue weighted by Gasteiger charge is 2.33. The van der Waals surface area contributed by atoms with E-state index in [1.165, 1.54) is 0 Å². The molecule has 5 heteroatoms. The Morgan fingerprint density at radius 2 is 1.54 bits per heavy atom. The van der Waals surface area contributed by atoms with E-state index in [-0.39, 0.29) is 0 Å². The predicted octanol–water partition coefficient (Wildman–Crippen LogP) is 2.22. The van der Waals surface area contributed by atoms with Crippen molar-refractivity contribution in [2.45, 2.75) is 13.1 Å². The molecule has 0 amide bonds. The Hall–Kier alpha value is -1.39. The lowest BCUT2D eigenvalue weighted by molar-refractivity contribution is -0.168. The van der Waals surface area contributed by atoms with Crippen LogP contribution in [0.1, 0.15) is 6.92 Å². The predicted molar refractivity (Wildman–Crippen MR) is 41.0 cm³/mol. The van der Waals surface area contributed by atoms with Crippen molar-refractivity contribution in [3.05, 3.63) is 30.6 Å². The Morgan fingerprint density at radius 1 is 1.15 bits per heavy atom. The second-order valence-electron chi connectivity index (χ2n) is 2.08. The monoisotopic (exact) mass is 191 g/mol. The molecule has 0 radical (unpaired) electrons. The third-order valence-electron chi connectivity index (χ3n) is 0.966. The Labute approximate surface area is 73.4 Å². The SMILES string of the molecule is CC(=O)C(F)(F)F.c1ccncc1. The van der Waals surface area contributed by atoms with Crippen LogP contribution in [0.15, 0.2) is 30.6 Å². The number of hydrogen-bond acceptors (Lipinski definition) is 2. The third-order valence-corrected chi connectivity index (χ3v) is 0.966. The molecule has 0 aromatic carbocycles. The van der Waals surface area contributed by atoms with Crippen LogP contribution >= 0.6 is 0 Å². The molecule has 1 aromatic rings. The second kappa shape index (κ2) is 5.29. The van der Waals surface area contributed by atoms with E-state index in [1.807, 2.05) is 18.2 Å². The van der Waals surface area contributed by atoms with Gasteiger partial charge < -0.3 is 0 Å². The zero-order valence-electron chi connectivity index (χ0n) is 6.88. The van der Waals surface area contributed by atoms with Crippen molar-refractivity contribution in [1.29, 1.82) is 0 Å². The number of rotatable bonds is 0. The highest BCUT2D eigenvalue weighted by molar-refractivity contribution is 5.81. The van der Waals surface area contributed by atoms with Crippen molar-refractivity contribution >= 4 is 5.78 Å². The molecule has 0 bridgehead atoms. The van der Waals surface area contributed by atoms with E-state index in [0.29, 0.717) is 6.92 Å². The number of hydrogen-bond donors (Lipinski definition) is 0. The largest absolute Gasteiger partial charge is 0.449 e. The van der Waals surface area contributed by atoms with Gasteiger partial charge in [0.2, 0.25) is 5.78 Å². The lowest BCUT2D eigenvalue weighted by Crippen LogP contribution is -2.18. The summed E-state index contributed by atoms with van der Waals surface area (Å²) in [7, 11) is 0. The van der Waals surface area contributed by atoms with Crippen molar-refractivity contribution in [2.24, 2.45) is 0 Å². The van der Waals surface area contributed by atoms with Crippen LogP contribution in [0.5, 0.6) is 0 Å². The summed E-state index contributed by atoms with van der Waals surface area (Å²) in [5, 5.41) is 0. The molecule has 0 aliphatic carbocycles. The average Bonchev–Trinajstić information content (AvgIpc) is 2.07. The maximum atomic E-state index is 10.8. The topological polar surface area (TPSA) is 30.0 Å². The number of aromatic nitrogens is 1. The lowest BCUT2D eigenvalue weighted by Gasteiger charge is -1.95. The zero-order chi connectivity index (χ0) is 10.3. The van der Waals surface area contributed by atoms with E-state index in [4.69, 9.17) is 0 Å². The number of pyridine rings is 1. The molecule has 0 saturated heterocycles. The van der Waals surface area contributed by atoms with E-state index in [0.717, 1.165) is 0 Å². The van der Waals surface area contributed by atoms with Gasteiger partial charge in [-0.1, -0.05) is 6.07 Å². The molecule has 1 rings (SSSR count). The molecule has 0 aliphatic heterocycles. The molecule has 72 valence electrons. The van der Waals surface area contributed by atoms with Crippen LogP contribution in [0.3, 0.4) is 0 Å². The maximum absolute atomic E-state index is 10.8. The van der Waals surface area contributed by atoms with Gasteiger partial charge in [-0.15, -0.1) is 0 Å². The maximum Gasteiger partial charge on any atom is 0.449 e. The number of carbonyl (C=O) groups is 1. The molecule has 0 saturated carbocycles. The standard InChI is InChI=1S/C5H5N.C3H3F3O/c1-2-4-6-5-3-1;1-2(7)3(4,5)6/h1-5H;1H3. The van der Waals surface area contributed by atoms with E-state index >= 15 is 0 Å². The summed E-state index contributed by atoms with van der Waals surface area (Å²) >= 11 is 0. The number of Topliss-reactive ketones (excluding diaryl/α,β-unsaturated/α-hetero) is 1. The van der Waals surface area contributed by atoms with Gasteiger partial charge in [0.25, 0.3) is 0 Å². The van der Waals surface area contributed by atoms with Gasteiger partial charge in [-0.05, 0) is 12.1 Å². The third kappa shape index (κ3) is 6.99. The summed E-state index contributed by atoms with van der Waals surface area (Å²) in [6.07, 6.45) is -1.14. The minimum atomic E-state index is -4.64. The number of halogens is 3. The van der Waals surface area contributed by atoms with Crippen LogP contribution < -0.4 is 0 Å². The van der Waals surface area contributed by atoms with Crippen LogP contribution in [0.4, 0.5) is 13.2 Å². The van der Waals surface area contributed by atoms with Crippen LogP contribution in [0, 0.1) is 0 Å². The second-order valence-corrected chi connectivity index (χ2v) is 2.08. The zero-order valence-corrected chi connectivity index (χ0v) is 6.88. The van der Waals surface area contributed by atoms with E-state index in [9.17, 15) is 18.0 Å². The molecule has 13 heavy (non-hydrogen) atoms. The van der Waals surface area contributed by atoms with Gasteiger partial charge in [-0.3, -0.25) is 9.78 Å². The lowest BCUT2D eigenvalue weighted by atomic mass is 10.5. The Bertz CT molecular complexity index is 219. The Kier molecular flexibility index (Phi) is 4.72. The first-order chi connectivity index (χ1) is 5.94. The summed E-state index contributed by atoms with van der Waals surface area (Å²) in [5.74, 6) is -1.76. The molecule has 0 unspecified atom stereocenters.